The molecular weight excluding hydrogens is 198 g/mol. The van der Waals surface area contributed by atoms with E-state index in [0.29, 0.717) is 0 Å². The van der Waals surface area contributed by atoms with E-state index >= 15 is 0 Å². The second-order valence-corrected chi connectivity index (χ2v) is 5.98. The Labute approximate surface area is 99.2 Å². The molecular formula is C13H25N3. The fourth-order valence-corrected chi connectivity index (χ4v) is 3.33. The molecule has 92 valence electrons. The first-order valence-corrected chi connectivity index (χ1v) is 7.00. The van der Waals surface area contributed by atoms with Crippen LogP contribution in [0.2, 0.25) is 0 Å². The van der Waals surface area contributed by atoms with Crippen LogP contribution in [-0.2, 0) is 0 Å². The summed E-state index contributed by atoms with van der Waals surface area (Å²) < 4.78 is 0. The quantitative estimate of drug-likeness (QED) is 0.767. The number of nitrogens with one attached hydrogen (secondary N) is 1. The minimum atomic E-state index is 0.753. The van der Waals surface area contributed by atoms with Crippen molar-refractivity contribution >= 4 is 0 Å². The Kier molecular flexibility index (Phi) is 3.18. The molecule has 0 radical (unpaired) electrons. The predicted molar refractivity (Wildman–Crippen MR) is 66.7 cm³/mol. The first kappa shape index (κ1) is 11.0. The largest absolute Gasteiger partial charge is 0.309 e. The molecule has 2 aliphatic heterocycles. The summed E-state index contributed by atoms with van der Waals surface area (Å²) in [6.45, 7) is 5.19. The topological polar surface area (TPSA) is 18.5 Å². The van der Waals surface area contributed by atoms with Gasteiger partial charge in [-0.15, -0.1) is 0 Å². The zero-order valence-electron chi connectivity index (χ0n) is 10.5. The molecule has 0 aromatic carbocycles. The van der Waals surface area contributed by atoms with Crippen LogP contribution in [0.1, 0.15) is 32.1 Å². The van der Waals surface area contributed by atoms with Gasteiger partial charge in [-0.05, 0) is 45.7 Å². The van der Waals surface area contributed by atoms with Gasteiger partial charge in [-0.2, -0.15) is 0 Å². The van der Waals surface area contributed by atoms with Gasteiger partial charge in [0.2, 0.25) is 0 Å². The smallest absolute Gasteiger partial charge is 0.0210 e. The molecule has 2 saturated heterocycles. The number of piperidine rings is 1. The van der Waals surface area contributed by atoms with Crippen LogP contribution in [0, 0.1) is 0 Å². The Morgan fingerprint density at radius 3 is 2.50 bits per heavy atom. The Morgan fingerprint density at radius 1 is 0.938 bits per heavy atom. The van der Waals surface area contributed by atoms with Crippen molar-refractivity contribution in [1.82, 2.24) is 15.1 Å². The molecule has 1 aliphatic carbocycles. The van der Waals surface area contributed by atoms with Crippen LogP contribution < -0.4 is 5.32 Å². The second-order valence-electron chi connectivity index (χ2n) is 5.98. The molecule has 3 rings (SSSR count). The van der Waals surface area contributed by atoms with Crippen LogP contribution in [0.3, 0.4) is 0 Å². The van der Waals surface area contributed by atoms with Crippen LogP contribution >= 0.6 is 0 Å². The van der Waals surface area contributed by atoms with Crippen LogP contribution in [0.15, 0.2) is 0 Å². The molecule has 1 saturated carbocycles. The molecule has 2 unspecified atom stereocenters. The number of likely N-dealkylation sites (N-methyl/N-ethyl adjacent to an activating group) is 1. The van der Waals surface area contributed by atoms with Crippen molar-refractivity contribution < 1.29 is 0 Å². The normalized spacial score (nSPS) is 38.1. The lowest BCUT2D eigenvalue weighted by Crippen LogP contribution is -2.48. The van der Waals surface area contributed by atoms with Crippen LogP contribution in [-0.4, -0.2) is 61.2 Å². The van der Waals surface area contributed by atoms with Crippen molar-refractivity contribution in [1.29, 1.82) is 0 Å². The van der Waals surface area contributed by atoms with Gasteiger partial charge in [-0.25, -0.2) is 0 Å². The van der Waals surface area contributed by atoms with E-state index in [2.05, 4.69) is 22.2 Å². The van der Waals surface area contributed by atoms with Crippen molar-refractivity contribution in [3.8, 4) is 0 Å². The number of nitrogens with zero attached hydrogens (tertiary/aromatic N) is 2. The summed E-state index contributed by atoms with van der Waals surface area (Å²) in [5.74, 6) is 0. The van der Waals surface area contributed by atoms with Gasteiger partial charge >= 0.3 is 0 Å². The highest BCUT2D eigenvalue weighted by Gasteiger charge is 2.35. The SMILES string of the molecule is CN1CCCC(NC2CCN(C3CC3)C2)C1. The van der Waals surface area contributed by atoms with E-state index in [9.17, 15) is 0 Å². The molecule has 3 nitrogen and oxygen atoms in total. The van der Waals surface area contributed by atoms with Gasteiger partial charge in [0.25, 0.3) is 0 Å². The summed E-state index contributed by atoms with van der Waals surface area (Å²) in [4.78, 5) is 5.17. The molecule has 2 atom stereocenters. The van der Waals surface area contributed by atoms with Crippen LogP contribution in [0.25, 0.3) is 0 Å². The summed E-state index contributed by atoms with van der Waals surface area (Å²) in [5.41, 5.74) is 0. The lowest BCUT2D eigenvalue weighted by molar-refractivity contribution is 0.214. The van der Waals surface area contributed by atoms with E-state index in [1.807, 2.05) is 0 Å². The molecule has 0 aromatic rings. The van der Waals surface area contributed by atoms with Gasteiger partial charge in [0.1, 0.15) is 0 Å². The fourth-order valence-electron chi connectivity index (χ4n) is 3.33. The molecule has 0 bridgehead atoms. The molecule has 3 aliphatic rings. The van der Waals surface area contributed by atoms with Crippen molar-refractivity contribution in [3.05, 3.63) is 0 Å². The maximum absolute atomic E-state index is 3.88. The lowest BCUT2D eigenvalue weighted by atomic mass is 10.1. The molecule has 0 spiro atoms. The molecule has 3 fully saturated rings. The van der Waals surface area contributed by atoms with Gasteiger partial charge in [0.15, 0.2) is 0 Å². The van der Waals surface area contributed by atoms with E-state index in [-0.39, 0.29) is 0 Å². The predicted octanol–water partition coefficient (Wildman–Crippen LogP) is 0.907. The Morgan fingerprint density at radius 2 is 1.75 bits per heavy atom. The third-order valence-corrected chi connectivity index (χ3v) is 4.38. The highest BCUT2D eigenvalue weighted by Crippen LogP contribution is 2.30. The van der Waals surface area contributed by atoms with Gasteiger partial charge < -0.3 is 10.2 Å². The zero-order valence-corrected chi connectivity index (χ0v) is 10.5. The minimum Gasteiger partial charge on any atom is -0.309 e. The van der Waals surface area contributed by atoms with Crippen molar-refractivity contribution in [2.75, 3.05) is 33.2 Å². The number of likely N-dealkylation sites (tertiary alicyclic amines) is 2. The summed E-state index contributed by atoms with van der Waals surface area (Å²) in [5, 5.41) is 3.88. The minimum absolute atomic E-state index is 0.753. The van der Waals surface area contributed by atoms with Gasteiger partial charge in [-0.1, -0.05) is 0 Å². The molecule has 2 heterocycles. The maximum atomic E-state index is 3.88. The third-order valence-electron chi connectivity index (χ3n) is 4.38. The second kappa shape index (κ2) is 4.63. The number of hydrogen-bond acceptors (Lipinski definition) is 3. The van der Waals surface area contributed by atoms with Crippen LogP contribution in [0.5, 0.6) is 0 Å². The van der Waals surface area contributed by atoms with Crippen LogP contribution in [0.4, 0.5) is 0 Å². The highest BCUT2D eigenvalue weighted by molar-refractivity contribution is 4.93. The summed E-state index contributed by atoms with van der Waals surface area (Å²) in [6, 6.07) is 2.49. The zero-order chi connectivity index (χ0) is 11.0. The number of rotatable bonds is 3. The molecule has 0 aromatic heterocycles. The highest BCUT2D eigenvalue weighted by atomic mass is 15.2. The van der Waals surface area contributed by atoms with Crippen molar-refractivity contribution in [2.45, 2.75) is 50.2 Å². The number of hydrogen-bond donors (Lipinski definition) is 1. The van der Waals surface area contributed by atoms with E-state index in [4.69, 9.17) is 0 Å². The third kappa shape index (κ3) is 2.58. The van der Waals surface area contributed by atoms with Gasteiger partial charge in [0, 0.05) is 37.8 Å². The van der Waals surface area contributed by atoms with Crippen molar-refractivity contribution in [3.63, 3.8) is 0 Å². The molecule has 3 heteroatoms. The molecule has 0 amide bonds. The molecule has 16 heavy (non-hydrogen) atoms. The Hall–Kier alpha value is -0.120. The van der Waals surface area contributed by atoms with Gasteiger partial charge in [-0.3, -0.25) is 4.90 Å². The lowest BCUT2D eigenvalue weighted by Gasteiger charge is -2.32. The van der Waals surface area contributed by atoms with E-state index in [1.54, 1.807) is 0 Å². The van der Waals surface area contributed by atoms with Gasteiger partial charge in [0.05, 0.1) is 0 Å². The van der Waals surface area contributed by atoms with E-state index in [1.165, 1.54) is 58.3 Å². The van der Waals surface area contributed by atoms with Crippen molar-refractivity contribution in [2.24, 2.45) is 0 Å². The maximum Gasteiger partial charge on any atom is 0.0210 e. The monoisotopic (exact) mass is 223 g/mol. The fraction of sp³-hybridized carbons (Fsp3) is 1.00. The Bertz CT molecular complexity index is 239. The Balaban J connectivity index is 1.44. The molecule has 1 N–H and O–H groups in total. The summed E-state index contributed by atoms with van der Waals surface area (Å²) >= 11 is 0. The first-order chi connectivity index (χ1) is 7.81. The van der Waals surface area contributed by atoms with E-state index < -0.39 is 0 Å². The summed E-state index contributed by atoms with van der Waals surface area (Å²) in [7, 11) is 2.25. The average molecular weight is 223 g/mol. The summed E-state index contributed by atoms with van der Waals surface area (Å²) in [6.07, 6.45) is 7.03. The average Bonchev–Trinajstić information content (AvgIpc) is 3.01. The standard InChI is InChI=1S/C13H25N3/c1-15-7-2-3-11(9-15)14-12-6-8-16(10-12)13-4-5-13/h11-14H,2-10H2,1H3. The first-order valence-electron chi connectivity index (χ1n) is 7.00. The van der Waals surface area contributed by atoms with E-state index in [0.717, 1.165) is 18.1 Å².